The molecule has 6 aliphatic rings. The molecule has 1 amide bonds. The lowest BCUT2D eigenvalue weighted by molar-refractivity contribution is -0.384. The van der Waals surface area contributed by atoms with Crippen LogP contribution in [0.2, 0.25) is 0 Å². The van der Waals surface area contributed by atoms with Gasteiger partial charge in [0.1, 0.15) is 30.3 Å². The Balaban J connectivity index is 0.784. The van der Waals surface area contributed by atoms with Gasteiger partial charge >= 0.3 is 5.69 Å². The van der Waals surface area contributed by atoms with Crippen molar-refractivity contribution in [2.45, 2.75) is 88.2 Å². The number of H-pyrrole nitrogens is 1. The van der Waals surface area contributed by atoms with Crippen molar-refractivity contribution < 1.29 is 45.9 Å². The van der Waals surface area contributed by atoms with Crippen molar-refractivity contribution in [1.29, 1.82) is 0 Å². The van der Waals surface area contributed by atoms with Crippen LogP contribution in [-0.4, -0.2) is 128 Å². The molecule has 3 aromatic carbocycles. The number of fused-ring (bicyclic) bond motifs is 3. The molecule has 1 aliphatic carbocycles. The molecule has 78 heavy (non-hydrogen) atoms. The second kappa shape index (κ2) is 20.9. The summed E-state index contributed by atoms with van der Waals surface area (Å²) in [6.45, 7) is 10.1. The number of amides is 1. The van der Waals surface area contributed by atoms with Gasteiger partial charge in [-0.05, 0) is 118 Å². The zero-order valence-corrected chi connectivity index (χ0v) is 44.3. The summed E-state index contributed by atoms with van der Waals surface area (Å²) in [5.41, 5.74) is 3.97. The van der Waals surface area contributed by atoms with Gasteiger partial charge in [0.25, 0.3) is 15.9 Å². The minimum Gasteiger partial charge on any atom is -0.491 e. The largest absolute Gasteiger partial charge is 0.491 e. The Morgan fingerprint density at radius 1 is 0.910 bits per heavy atom. The quantitative estimate of drug-likeness (QED) is 0.0731. The first-order valence-electron chi connectivity index (χ1n) is 26.9. The summed E-state index contributed by atoms with van der Waals surface area (Å²) in [6.07, 6.45) is 7.18. The number of halogens is 2. The maximum atomic E-state index is 14.6. The highest BCUT2D eigenvalue weighted by Gasteiger charge is 2.50. The molecule has 19 nitrogen and oxygen atoms in total. The number of hydrogen-bond acceptors (Lipinski definition) is 16. The number of nitrogens with one attached hydrogen (secondary N) is 3. The van der Waals surface area contributed by atoms with Crippen LogP contribution in [0.3, 0.4) is 0 Å². The monoisotopic (exact) mass is 1090 g/mol. The molecule has 0 radical (unpaired) electrons. The van der Waals surface area contributed by atoms with E-state index in [0.29, 0.717) is 61.8 Å². The molecule has 22 heteroatoms. The van der Waals surface area contributed by atoms with E-state index < -0.39 is 43.2 Å². The minimum absolute atomic E-state index is 0.0135. The Morgan fingerprint density at radius 2 is 1.72 bits per heavy atom. The van der Waals surface area contributed by atoms with Crippen molar-refractivity contribution in [1.82, 2.24) is 29.5 Å². The maximum Gasteiger partial charge on any atom is 0.300 e. The van der Waals surface area contributed by atoms with Gasteiger partial charge in [-0.3, -0.25) is 24.7 Å². The lowest BCUT2D eigenvalue weighted by Crippen LogP contribution is -2.59. The van der Waals surface area contributed by atoms with Gasteiger partial charge < -0.3 is 39.0 Å². The molecule has 5 aliphatic heterocycles. The molecule has 410 valence electrons. The number of aromatic amines is 1. The zero-order valence-electron chi connectivity index (χ0n) is 43.5. The summed E-state index contributed by atoms with van der Waals surface area (Å²) in [5, 5.41) is 15.7. The predicted octanol–water partition coefficient (Wildman–Crippen LogP) is 8.49. The smallest absolute Gasteiger partial charge is 0.300 e. The average Bonchev–Trinajstić information content (AvgIpc) is 4.05. The fourth-order valence-electron chi connectivity index (χ4n) is 12.5. The Bertz CT molecular complexity index is 3380. The molecule has 4 fully saturated rings. The molecule has 0 unspecified atom stereocenters. The summed E-state index contributed by atoms with van der Waals surface area (Å²) in [7, 11) is -4.80. The first-order chi connectivity index (χ1) is 37.7. The lowest BCUT2D eigenvalue weighted by atomic mass is 9.59. The van der Waals surface area contributed by atoms with E-state index in [1.165, 1.54) is 12.1 Å². The van der Waals surface area contributed by atoms with Gasteiger partial charge in [0, 0.05) is 81.4 Å². The second-order valence-electron chi connectivity index (χ2n) is 21.8. The molecule has 6 aromatic rings. The lowest BCUT2D eigenvalue weighted by Gasteiger charge is -2.58. The molecule has 12 rings (SSSR count). The fraction of sp³-hybridized carbons (Fsp3) is 0.446. The van der Waals surface area contributed by atoms with Gasteiger partial charge in [-0.15, -0.1) is 0 Å². The van der Waals surface area contributed by atoms with Gasteiger partial charge in [0.15, 0.2) is 22.3 Å². The van der Waals surface area contributed by atoms with Crippen LogP contribution >= 0.6 is 0 Å². The Labute approximate surface area is 450 Å². The predicted molar refractivity (Wildman–Crippen MR) is 287 cm³/mol. The Hall–Kier alpha value is -7.14. The topological polar surface area (TPSA) is 210 Å². The highest BCUT2D eigenvalue weighted by atomic mass is 32.2. The molecule has 0 bridgehead atoms. The standard InChI is InChI=1S/C56H62F2N10O9S/c1-34(2)77-49-6-4-3-5-40(49)48-32-64(31-35-7-10-42(57)43(58)25-35)19-20-66(48)39-29-56(30-39)14-17-65(18-15-56)38-8-9-41(45(27-38)67-21-24-75-54-47(67)26-37-11-16-59-52(37)62-54)53(69)63-78(72,73)50-28-46(68(70)71)51-55(61-50)76-33-44(60-51)36-12-22-74-23-13-36/h3-11,16,25-28,34,36,39,44,48,60H,12-15,17-24,29-33H2,1-2H3,(H,59,62)(H,63,69)/t44-,48-/m0/s1. The van der Waals surface area contributed by atoms with Crippen LogP contribution < -0.4 is 34.0 Å². The van der Waals surface area contributed by atoms with E-state index in [9.17, 15) is 32.1 Å². The summed E-state index contributed by atoms with van der Waals surface area (Å²) < 4.78 is 82.5. The number of nitro groups is 1. The van der Waals surface area contributed by atoms with Gasteiger partial charge in [-0.2, -0.15) is 18.4 Å². The average molecular weight is 1090 g/mol. The van der Waals surface area contributed by atoms with Crippen molar-refractivity contribution in [2.75, 3.05) is 80.8 Å². The van der Waals surface area contributed by atoms with Crippen molar-refractivity contribution in [3.63, 3.8) is 0 Å². The second-order valence-corrected chi connectivity index (χ2v) is 23.4. The first-order valence-corrected chi connectivity index (χ1v) is 28.3. The van der Waals surface area contributed by atoms with Crippen molar-refractivity contribution in [3.8, 4) is 17.5 Å². The third-order valence-corrected chi connectivity index (χ3v) is 17.8. The third-order valence-electron chi connectivity index (χ3n) is 16.6. The SMILES string of the molecule is CC(C)Oc1ccccc1[C@@H]1CN(Cc2ccc(F)c(F)c2)CCN1C1CC2(CCN(c3ccc(C(=O)NS(=O)(=O)c4cc([N+](=O)[O-])c5c(n4)OC[C@@H](C4CCOCC4)N5)c(N4CCOc5nc6[nH]ccc6cc54)c3)CC2)C1. The molecular formula is C56H62F2N10O9S. The molecule has 2 atom stereocenters. The van der Waals surface area contributed by atoms with Crippen LogP contribution in [0.25, 0.3) is 11.0 Å². The van der Waals surface area contributed by atoms with Crippen molar-refractivity contribution in [3.05, 3.63) is 123 Å². The third kappa shape index (κ3) is 10.1. The van der Waals surface area contributed by atoms with Crippen molar-refractivity contribution in [2.24, 2.45) is 11.3 Å². The van der Waals surface area contributed by atoms with E-state index in [1.807, 2.05) is 61.2 Å². The highest BCUT2D eigenvalue weighted by Crippen LogP contribution is 2.54. The zero-order chi connectivity index (χ0) is 53.9. The number of carbonyl (C=O) groups is 1. The highest BCUT2D eigenvalue weighted by molar-refractivity contribution is 7.90. The molecular weight excluding hydrogens is 1030 g/mol. The number of carbonyl (C=O) groups excluding carboxylic acids is 1. The molecule has 3 aromatic heterocycles. The van der Waals surface area contributed by atoms with Gasteiger partial charge in [0.05, 0.1) is 47.0 Å². The number of aromatic nitrogens is 3. The molecule has 8 heterocycles. The van der Waals surface area contributed by atoms with E-state index in [0.717, 1.165) is 98.7 Å². The fourth-order valence-corrected chi connectivity index (χ4v) is 13.5. The van der Waals surface area contributed by atoms with Crippen LogP contribution in [0, 0.1) is 33.1 Å². The van der Waals surface area contributed by atoms with Crippen LogP contribution in [0.1, 0.15) is 79.9 Å². The molecule has 1 saturated carbocycles. The summed E-state index contributed by atoms with van der Waals surface area (Å²) in [6, 6.07) is 22.5. The number of hydrogen-bond donors (Lipinski definition) is 3. The van der Waals surface area contributed by atoms with Crippen LogP contribution in [0.15, 0.2) is 90.1 Å². The van der Waals surface area contributed by atoms with Crippen LogP contribution in [0.5, 0.6) is 17.5 Å². The molecule has 1 spiro atoms. The van der Waals surface area contributed by atoms with Gasteiger partial charge in [-0.1, -0.05) is 24.3 Å². The summed E-state index contributed by atoms with van der Waals surface area (Å²) in [4.78, 5) is 47.5. The van der Waals surface area contributed by atoms with E-state index >= 15 is 0 Å². The number of anilines is 4. The number of piperazine rings is 1. The number of nitrogens with zero attached hydrogens (tertiary/aromatic N) is 7. The van der Waals surface area contributed by atoms with E-state index in [4.69, 9.17) is 23.9 Å². The van der Waals surface area contributed by atoms with E-state index in [-0.39, 0.29) is 59.9 Å². The molecule has 3 N–H and O–H groups in total. The number of ether oxygens (including phenoxy) is 4. The number of pyridine rings is 2. The number of piperidine rings is 1. The normalized spacial score (nSPS) is 21.0. The summed E-state index contributed by atoms with van der Waals surface area (Å²) in [5.74, 6) is -1.56. The van der Waals surface area contributed by atoms with Crippen molar-refractivity contribution >= 4 is 55.4 Å². The summed E-state index contributed by atoms with van der Waals surface area (Å²) >= 11 is 0. The van der Waals surface area contributed by atoms with Gasteiger partial charge in [0.2, 0.25) is 11.8 Å². The van der Waals surface area contributed by atoms with Crippen LogP contribution in [0.4, 0.5) is 37.2 Å². The van der Waals surface area contributed by atoms with E-state index in [2.05, 4.69) is 40.8 Å². The number of para-hydroxylation sites is 1. The number of rotatable bonds is 13. The Morgan fingerprint density at radius 3 is 2.50 bits per heavy atom. The molecule has 3 saturated heterocycles. The Kier molecular flexibility index (Phi) is 13.8. The van der Waals surface area contributed by atoms with E-state index in [1.54, 1.807) is 18.3 Å². The maximum absolute atomic E-state index is 14.6. The van der Waals surface area contributed by atoms with Crippen LogP contribution in [-0.2, 0) is 21.3 Å². The first kappa shape index (κ1) is 51.6. The number of benzene rings is 3. The van der Waals surface area contributed by atoms with Gasteiger partial charge in [-0.25, -0.2) is 13.5 Å². The number of sulfonamides is 1. The minimum atomic E-state index is -4.80.